The average molecular weight is 385 g/mol. The molecule has 1 aromatic carbocycles. The lowest BCUT2D eigenvalue weighted by atomic mass is 9.69. The van der Waals surface area contributed by atoms with Gasteiger partial charge in [0.2, 0.25) is 0 Å². The SMILES string of the molecule is C=C(C)Nc1c[nH]c2ccc(CC3CC(c4ccc(C(F)(F)F)nc4)C3)cc12. The van der Waals surface area contributed by atoms with Crippen LogP contribution >= 0.6 is 0 Å². The van der Waals surface area contributed by atoms with Gasteiger partial charge < -0.3 is 10.3 Å². The topological polar surface area (TPSA) is 40.7 Å². The molecule has 0 aliphatic heterocycles. The Bertz CT molecular complexity index is 996. The van der Waals surface area contributed by atoms with Crippen molar-refractivity contribution >= 4 is 16.6 Å². The zero-order chi connectivity index (χ0) is 19.9. The monoisotopic (exact) mass is 385 g/mol. The summed E-state index contributed by atoms with van der Waals surface area (Å²) in [6.45, 7) is 5.82. The number of aromatic amines is 1. The molecule has 6 heteroatoms. The molecule has 4 rings (SSSR count). The van der Waals surface area contributed by atoms with Crippen molar-refractivity contribution in [2.24, 2.45) is 5.92 Å². The maximum atomic E-state index is 12.6. The molecule has 3 aromatic rings. The molecule has 146 valence electrons. The summed E-state index contributed by atoms with van der Waals surface area (Å²) in [5.41, 5.74) is 4.33. The first-order chi connectivity index (χ1) is 13.3. The zero-order valence-corrected chi connectivity index (χ0v) is 15.6. The van der Waals surface area contributed by atoms with Gasteiger partial charge in [-0.3, -0.25) is 4.98 Å². The van der Waals surface area contributed by atoms with E-state index in [0.29, 0.717) is 11.8 Å². The minimum atomic E-state index is -4.38. The Kier molecular flexibility index (Phi) is 4.65. The van der Waals surface area contributed by atoms with Crippen molar-refractivity contribution in [2.45, 2.75) is 38.3 Å². The van der Waals surface area contributed by atoms with Crippen LogP contribution in [0, 0.1) is 5.92 Å². The van der Waals surface area contributed by atoms with E-state index in [1.807, 2.05) is 13.1 Å². The van der Waals surface area contributed by atoms with Gasteiger partial charge in [-0.05, 0) is 67.3 Å². The summed E-state index contributed by atoms with van der Waals surface area (Å²) in [7, 11) is 0. The zero-order valence-electron chi connectivity index (χ0n) is 15.6. The van der Waals surface area contributed by atoms with Crippen molar-refractivity contribution in [2.75, 3.05) is 5.32 Å². The van der Waals surface area contributed by atoms with E-state index < -0.39 is 11.9 Å². The number of allylic oxidation sites excluding steroid dienone is 1. The highest BCUT2D eigenvalue weighted by Crippen LogP contribution is 2.43. The molecule has 0 amide bonds. The van der Waals surface area contributed by atoms with E-state index in [4.69, 9.17) is 0 Å². The molecule has 0 bridgehead atoms. The maximum Gasteiger partial charge on any atom is 0.433 e. The van der Waals surface area contributed by atoms with Gasteiger partial charge in [-0.25, -0.2) is 0 Å². The molecule has 2 N–H and O–H groups in total. The molecule has 0 unspecified atom stereocenters. The quantitative estimate of drug-likeness (QED) is 0.544. The number of benzene rings is 1. The second-order valence-electron chi connectivity index (χ2n) is 7.70. The molecule has 1 saturated carbocycles. The highest BCUT2D eigenvalue weighted by molar-refractivity contribution is 5.93. The van der Waals surface area contributed by atoms with Gasteiger partial charge >= 0.3 is 6.18 Å². The summed E-state index contributed by atoms with van der Waals surface area (Å²) in [6.07, 6.45) is 1.88. The number of alkyl halides is 3. The third-order valence-corrected chi connectivity index (χ3v) is 5.40. The Morgan fingerprint density at radius 1 is 1.25 bits per heavy atom. The number of H-pyrrole nitrogens is 1. The largest absolute Gasteiger partial charge is 0.433 e. The second-order valence-corrected chi connectivity index (χ2v) is 7.70. The Morgan fingerprint density at radius 2 is 2.04 bits per heavy atom. The fourth-order valence-electron chi connectivity index (χ4n) is 3.95. The highest BCUT2D eigenvalue weighted by atomic mass is 19.4. The Labute approximate surface area is 161 Å². The van der Waals surface area contributed by atoms with E-state index in [1.54, 1.807) is 6.07 Å². The molecule has 1 fully saturated rings. The number of nitrogens with one attached hydrogen (secondary N) is 2. The fraction of sp³-hybridized carbons (Fsp3) is 0.318. The molecule has 0 radical (unpaired) electrons. The number of nitrogens with zero attached hydrogens (tertiary/aromatic N) is 1. The highest BCUT2D eigenvalue weighted by Gasteiger charge is 2.34. The summed E-state index contributed by atoms with van der Waals surface area (Å²) >= 11 is 0. The van der Waals surface area contributed by atoms with Crippen LogP contribution in [0.1, 0.15) is 42.5 Å². The predicted octanol–water partition coefficient (Wildman–Crippen LogP) is 6.26. The van der Waals surface area contributed by atoms with Crippen LogP contribution in [0.5, 0.6) is 0 Å². The van der Waals surface area contributed by atoms with Crippen molar-refractivity contribution in [3.63, 3.8) is 0 Å². The summed E-state index contributed by atoms with van der Waals surface area (Å²) in [6, 6.07) is 9.07. The molecule has 1 aliphatic carbocycles. The van der Waals surface area contributed by atoms with Crippen LogP contribution in [0.3, 0.4) is 0 Å². The molecule has 0 spiro atoms. The lowest BCUT2D eigenvalue weighted by Crippen LogP contribution is -2.24. The van der Waals surface area contributed by atoms with Crippen LogP contribution < -0.4 is 5.32 Å². The smallest absolute Gasteiger partial charge is 0.359 e. The van der Waals surface area contributed by atoms with Crippen molar-refractivity contribution in [1.29, 1.82) is 0 Å². The Hall–Kier alpha value is -2.76. The number of aromatic nitrogens is 2. The lowest BCUT2D eigenvalue weighted by molar-refractivity contribution is -0.141. The second kappa shape index (κ2) is 7.00. The number of hydrogen-bond acceptors (Lipinski definition) is 2. The van der Waals surface area contributed by atoms with E-state index in [2.05, 4.69) is 40.1 Å². The van der Waals surface area contributed by atoms with Crippen molar-refractivity contribution in [3.05, 3.63) is 71.8 Å². The lowest BCUT2D eigenvalue weighted by Gasteiger charge is -2.35. The van der Waals surface area contributed by atoms with Gasteiger partial charge in [-0.1, -0.05) is 18.7 Å². The number of pyridine rings is 1. The third kappa shape index (κ3) is 3.77. The van der Waals surface area contributed by atoms with Crippen LogP contribution in [-0.2, 0) is 12.6 Å². The summed E-state index contributed by atoms with van der Waals surface area (Å²) < 4.78 is 37.9. The molecule has 28 heavy (non-hydrogen) atoms. The molecule has 2 heterocycles. The normalized spacial score (nSPS) is 19.4. The first-order valence-electron chi connectivity index (χ1n) is 9.35. The molecule has 0 saturated heterocycles. The van der Waals surface area contributed by atoms with Gasteiger partial charge in [0.25, 0.3) is 0 Å². The first-order valence-corrected chi connectivity index (χ1v) is 9.35. The van der Waals surface area contributed by atoms with Gasteiger partial charge in [0.1, 0.15) is 5.69 Å². The van der Waals surface area contributed by atoms with Gasteiger partial charge in [0.15, 0.2) is 0 Å². The first kappa shape index (κ1) is 18.6. The van der Waals surface area contributed by atoms with E-state index >= 15 is 0 Å². The van der Waals surface area contributed by atoms with E-state index in [0.717, 1.165) is 53.2 Å². The molecule has 1 aliphatic rings. The standard InChI is InChI=1S/C22H22F3N3/c1-13(2)28-20-12-26-19-5-3-14(10-18(19)20)7-15-8-17(9-15)16-4-6-21(27-11-16)22(23,24)25/h3-6,10-12,15,17,26,28H,1,7-9H2,2H3. The molecular formula is C22H22F3N3. The molecule has 2 aromatic heterocycles. The number of hydrogen-bond donors (Lipinski definition) is 2. The van der Waals surface area contributed by atoms with E-state index in [9.17, 15) is 13.2 Å². The maximum absolute atomic E-state index is 12.6. The van der Waals surface area contributed by atoms with Crippen LogP contribution in [0.2, 0.25) is 0 Å². The number of halogens is 3. The van der Waals surface area contributed by atoms with Gasteiger partial charge in [0.05, 0.1) is 5.69 Å². The van der Waals surface area contributed by atoms with E-state index in [-0.39, 0.29) is 0 Å². The van der Waals surface area contributed by atoms with Crippen molar-refractivity contribution < 1.29 is 13.2 Å². The molecule has 3 nitrogen and oxygen atoms in total. The van der Waals surface area contributed by atoms with Crippen molar-refractivity contribution in [3.8, 4) is 0 Å². The molecule has 0 atom stereocenters. The van der Waals surface area contributed by atoms with Gasteiger partial charge in [-0.2, -0.15) is 13.2 Å². The van der Waals surface area contributed by atoms with Crippen LogP contribution in [0.4, 0.5) is 18.9 Å². The minimum absolute atomic E-state index is 0.302. The average Bonchev–Trinajstić information content (AvgIpc) is 2.99. The summed E-state index contributed by atoms with van der Waals surface area (Å²) in [5, 5.41) is 4.41. The minimum Gasteiger partial charge on any atom is -0.359 e. The predicted molar refractivity (Wildman–Crippen MR) is 105 cm³/mol. The molecular weight excluding hydrogens is 363 g/mol. The number of fused-ring (bicyclic) bond motifs is 1. The summed E-state index contributed by atoms with van der Waals surface area (Å²) in [5.74, 6) is 0.845. The van der Waals surface area contributed by atoms with Crippen molar-refractivity contribution in [1.82, 2.24) is 9.97 Å². The van der Waals surface area contributed by atoms with Gasteiger partial charge in [0, 0.05) is 29.0 Å². The Morgan fingerprint density at radius 3 is 2.68 bits per heavy atom. The van der Waals surface area contributed by atoms with E-state index in [1.165, 1.54) is 11.8 Å². The fourth-order valence-corrected chi connectivity index (χ4v) is 3.95. The van der Waals surface area contributed by atoms with Gasteiger partial charge in [-0.15, -0.1) is 0 Å². The Balaban J connectivity index is 1.40. The van der Waals surface area contributed by atoms with Crippen LogP contribution in [0.15, 0.2) is 55.0 Å². The number of rotatable bonds is 5. The summed E-state index contributed by atoms with van der Waals surface area (Å²) in [4.78, 5) is 6.84. The van der Waals surface area contributed by atoms with Crippen LogP contribution in [-0.4, -0.2) is 9.97 Å². The number of anilines is 1. The van der Waals surface area contributed by atoms with Crippen LogP contribution in [0.25, 0.3) is 10.9 Å². The third-order valence-electron chi connectivity index (χ3n) is 5.40.